The third-order valence-electron chi connectivity index (χ3n) is 2.16. The van der Waals surface area contributed by atoms with Crippen LogP contribution in [-0.4, -0.2) is 19.3 Å². The van der Waals surface area contributed by atoms with Gasteiger partial charge in [0.15, 0.2) is 5.01 Å². The Morgan fingerprint density at radius 2 is 2.13 bits per heavy atom. The monoisotopic (exact) mass is 216 g/mol. The summed E-state index contributed by atoms with van der Waals surface area (Å²) in [5.74, 6) is 0.795. The second-order valence-electron chi connectivity index (χ2n) is 3.26. The summed E-state index contributed by atoms with van der Waals surface area (Å²) in [7, 11) is 0. The van der Waals surface area contributed by atoms with Crippen LogP contribution >= 0.6 is 11.5 Å². The maximum Gasteiger partial charge on any atom is 0.162 e. The van der Waals surface area contributed by atoms with Crippen LogP contribution in [0.3, 0.4) is 0 Å². The number of pyridine rings is 1. The number of H-pyrrole nitrogens is 1. The maximum atomic E-state index is 4.47. The summed E-state index contributed by atoms with van der Waals surface area (Å²) in [6, 6.07) is 6.00. The van der Waals surface area contributed by atoms with Crippen LogP contribution in [0.2, 0.25) is 0 Å². The number of aromatic amines is 1. The van der Waals surface area contributed by atoms with Gasteiger partial charge in [0.25, 0.3) is 0 Å². The van der Waals surface area contributed by atoms with E-state index in [1.807, 2.05) is 31.3 Å². The van der Waals surface area contributed by atoms with Gasteiger partial charge in [0, 0.05) is 11.6 Å². The van der Waals surface area contributed by atoms with E-state index in [1.165, 1.54) is 11.5 Å². The van der Waals surface area contributed by atoms with Crippen molar-refractivity contribution in [3.63, 3.8) is 0 Å². The van der Waals surface area contributed by atoms with E-state index < -0.39 is 0 Å². The Morgan fingerprint density at radius 3 is 2.93 bits per heavy atom. The van der Waals surface area contributed by atoms with E-state index >= 15 is 0 Å². The van der Waals surface area contributed by atoms with Gasteiger partial charge in [0.1, 0.15) is 17.2 Å². The van der Waals surface area contributed by atoms with E-state index in [0.29, 0.717) is 0 Å². The van der Waals surface area contributed by atoms with E-state index in [0.717, 1.165) is 27.6 Å². The molecule has 4 nitrogen and oxygen atoms in total. The molecule has 0 spiro atoms. The van der Waals surface area contributed by atoms with Gasteiger partial charge in [-0.15, -0.1) is 0 Å². The minimum absolute atomic E-state index is 0.795. The highest BCUT2D eigenvalue weighted by molar-refractivity contribution is 7.09. The summed E-state index contributed by atoms with van der Waals surface area (Å²) in [5, 5.41) is 1.98. The van der Waals surface area contributed by atoms with Crippen molar-refractivity contribution in [1.82, 2.24) is 19.3 Å². The summed E-state index contributed by atoms with van der Waals surface area (Å²) >= 11 is 1.38. The fourth-order valence-electron chi connectivity index (χ4n) is 1.45. The van der Waals surface area contributed by atoms with Crippen molar-refractivity contribution in [2.75, 3.05) is 0 Å². The van der Waals surface area contributed by atoms with Gasteiger partial charge in [0.2, 0.25) is 0 Å². The molecule has 3 aromatic rings. The second-order valence-corrected chi connectivity index (χ2v) is 4.01. The van der Waals surface area contributed by atoms with Crippen molar-refractivity contribution in [1.29, 1.82) is 0 Å². The normalized spacial score (nSPS) is 11.0. The lowest BCUT2D eigenvalue weighted by Gasteiger charge is -1.94. The number of aryl methyl sites for hydroxylation is 1. The van der Waals surface area contributed by atoms with Crippen LogP contribution in [0.4, 0.5) is 0 Å². The summed E-state index contributed by atoms with van der Waals surface area (Å²) in [5.41, 5.74) is 1.76. The van der Waals surface area contributed by atoms with Crippen molar-refractivity contribution in [3.8, 4) is 10.7 Å². The topological polar surface area (TPSA) is 54.5 Å². The van der Waals surface area contributed by atoms with Crippen LogP contribution in [0, 0.1) is 6.92 Å². The standard InChI is InChI=1S/C10H8N4S/c1-6-12-10(15-14-6)8-3-2-7-4-5-11-9(7)13-8/h2-5H,1H3,(H,11,13). The first-order valence-corrected chi connectivity index (χ1v) is 5.35. The van der Waals surface area contributed by atoms with Crippen molar-refractivity contribution < 1.29 is 0 Å². The first-order valence-electron chi connectivity index (χ1n) is 4.58. The van der Waals surface area contributed by atoms with Crippen LogP contribution in [-0.2, 0) is 0 Å². The highest BCUT2D eigenvalue weighted by Gasteiger charge is 2.06. The predicted molar refractivity (Wildman–Crippen MR) is 59.7 cm³/mol. The largest absolute Gasteiger partial charge is 0.346 e. The SMILES string of the molecule is Cc1nsc(-c2ccc3cc[nH]c3n2)n1. The molecule has 0 fully saturated rings. The zero-order chi connectivity index (χ0) is 10.3. The number of nitrogens with zero attached hydrogens (tertiary/aromatic N) is 3. The smallest absolute Gasteiger partial charge is 0.162 e. The van der Waals surface area contributed by atoms with Crippen LogP contribution in [0.25, 0.3) is 21.7 Å². The quantitative estimate of drug-likeness (QED) is 0.679. The van der Waals surface area contributed by atoms with Gasteiger partial charge in [-0.3, -0.25) is 0 Å². The van der Waals surface area contributed by atoms with Crippen molar-refractivity contribution in [2.45, 2.75) is 6.92 Å². The molecule has 0 aliphatic carbocycles. The molecule has 0 saturated carbocycles. The van der Waals surface area contributed by atoms with Gasteiger partial charge in [0.05, 0.1) is 0 Å². The summed E-state index contributed by atoms with van der Waals surface area (Å²) < 4.78 is 4.14. The molecule has 3 rings (SSSR count). The van der Waals surface area contributed by atoms with E-state index in [1.54, 1.807) is 0 Å². The summed E-state index contributed by atoms with van der Waals surface area (Å²) in [4.78, 5) is 11.9. The number of hydrogen-bond donors (Lipinski definition) is 1. The lowest BCUT2D eigenvalue weighted by molar-refractivity contribution is 1.16. The maximum absolute atomic E-state index is 4.47. The van der Waals surface area contributed by atoms with Crippen LogP contribution in [0.1, 0.15) is 5.82 Å². The Kier molecular flexibility index (Phi) is 1.78. The molecule has 0 atom stereocenters. The summed E-state index contributed by atoms with van der Waals surface area (Å²) in [6.07, 6.45) is 1.88. The van der Waals surface area contributed by atoms with Crippen molar-refractivity contribution in [3.05, 3.63) is 30.2 Å². The number of aromatic nitrogens is 4. The Bertz CT molecular complexity index is 610. The van der Waals surface area contributed by atoms with Crippen molar-refractivity contribution >= 4 is 22.6 Å². The van der Waals surface area contributed by atoms with Gasteiger partial charge in [-0.25, -0.2) is 9.97 Å². The minimum atomic E-state index is 0.795. The minimum Gasteiger partial charge on any atom is -0.346 e. The average Bonchev–Trinajstić information content (AvgIpc) is 2.84. The van der Waals surface area contributed by atoms with E-state index in [9.17, 15) is 0 Å². The van der Waals surface area contributed by atoms with Crippen LogP contribution in [0.15, 0.2) is 24.4 Å². The molecule has 0 aromatic carbocycles. The molecule has 15 heavy (non-hydrogen) atoms. The lowest BCUT2D eigenvalue weighted by Crippen LogP contribution is -1.83. The van der Waals surface area contributed by atoms with Gasteiger partial charge in [-0.05, 0) is 36.7 Å². The van der Waals surface area contributed by atoms with Gasteiger partial charge < -0.3 is 4.98 Å². The molecule has 0 amide bonds. The molecule has 0 aliphatic rings. The van der Waals surface area contributed by atoms with Gasteiger partial charge >= 0.3 is 0 Å². The average molecular weight is 216 g/mol. The van der Waals surface area contributed by atoms with Crippen LogP contribution in [0.5, 0.6) is 0 Å². The predicted octanol–water partition coefficient (Wildman–Crippen LogP) is 2.39. The van der Waals surface area contributed by atoms with E-state index in [-0.39, 0.29) is 0 Å². The first kappa shape index (κ1) is 8.55. The zero-order valence-electron chi connectivity index (χ0n) is 8.06. The first-order chi connectivity index (χ1) is 7.33. The Balaban J connectivity index is 2.18. The van der Waals surface area contributed by atoms with Crippen LogP contribution < -0.4 is 0 Å². The van der Waals surface area contributed by atoms with Gasteiger partial charge in [-0.1, -0.05) is 0 Å². The Labute approximate surface area is 90.2 Å². The Morgan fingerprint density at radius 1 is 1.20 bits per heavy atom. The molecule has 3 heterocycles. The van der Waals surface area contributed by atoms with E-state index in [2.05, 4.69) is 19.3 Å². The fourth-order valence-corrected chi connectivity index (χ4v) is 2.09. The highest BCUT2D eigenvalue weighted by Crippen LogP contribution is 2.21. The zero-order valence-corrected chi connectivity index (χ0v) is 8.88. The number of nitrogens with one attached hydrogen (secondary N) is 1. The van der Waals surface area contributed by atoms with Gasteiger partial charge in [-0.2, -0.15) is 4.37 Å². The molecule has 0 unspecified atom stereocenters. The molecule has 0 bridgehead atoms. The van der Waals surface area contributed by atoms with E-state index in [4.69, 9.17) is 0 Å². The number of rotatable bonds is 1. The number of hydrogen-bond acceptors (Lipinski definition) is 4. The molecule has 0 aliphatic heterocycles. The fraction of sp³-hybridized carbons (Fsp3) is 0.100. The molecule has 3 aromatic heterocycles. The molecular weight excluding hydrogens is 208 g/mol. The lowest BCUT2D eigenvalue weighted by atomic mass is 10.3. The molecule has 0 radical (unpaired) electrons. The third kappa shape index (κ3) is 1.41. The molecule has 0 saturated heterocycles. The molecular formula is C10H8N4S. The number of fused-ring (bicyclic) bond motifs is 1. The molecule has 5 heteroatoms. The molecule has 74 valence electrons. The highest BCUT2D eigenvalue weighted by atomic mass is 32.1. The summed E-state index contributed by atoms with van der Waals surface area (Å²) in [6.45, 7) is 1.88. The molecule has 1 N–H and O–H groups in total. The second kappa shape index (κ2) is 3.13. The third-order valence-corrected chi connectivity index (χ3v) is 2.98. The Hall–Kier alpha value is -1.75. The van der Waals surface area contributed by atoms with Crippen molar-refractivity contribution in [2.24, 2.45) is 0 Å².